The zero-order valence-electron chi connectivity index (χ0n) is 12.7. The lowest BCUT2D eigenvalue weighted by atomic mass is 10.1. The molecule has 3 rings (SSSR count). The van der Waals surface area contributed by atoms with Crippen LogP contribution < -0.4 is 0 Å². The molecule has 5 atom stereocenters. The molecule has 2 fully saturated rings. The number of ether oxygens (including phenoxy) is 4. The second-order valence-corrected chi connectivity index (χ2v) is 6.08. The minimum Gasteiger partial charge on any atom is -0.394 e. The normalized spacial score (nSPS) is 34.5. The second kappa shape index (κ2) is 6.23. The van der Waals surface area contributed by atoms with Crippen molar-refractivity contribution in [3.8, 4) is 0 Å². The summed E-state index contributed by atoms with van der Waals surface area (Å²) < 4.78 is 23.1. The Kier molecular flexibility index (Phi) is 4.49. The van der Waals surface area contributed by atoms with E-state index in [1.165, 1.54) is 0 Å². The maximum atomic E-state index is 9.94. The van der Waals surface area contributed by atoms with E-state index >= 15 is 0 Å². The lowest BCUT2D eigenvalue weighted by molar-refractivity contribution is -0.232. The highest BCUT2D eigenvalue weighted by Crippen LogP contribution is 2.39. The third-order valence-corrected chi connectivity index (χ3v) is 3.88. The van der Waals surface area contributed by atoms with Gasteiger partial charge in [-0.1, -0.05) is 30.3 Å². The van der Waals surface area contributed by atoms with E-state index in [0.29, 0.717) is 6.61 Å². The van der Waals surface area contributed by atoms with E-state index in [-0.39, 0.29) is 0 Å². The summed E-state index contributed by atoms with van der Waals surface area (Å²) in [4.78, 5) is 0. The van der Waals surface area contributed by atoms with Gasteiger partial charge in [0, 0.05) is 0 Å². The number of aliphatic hydroxyl groups excluding tert-OH is 2. The van der Waals surface area contributed by atoms with Crippen LogP contribution in [-0.4, -0.2) is 53.3 Å². The van der Waals surface area contributed by atoms with Crippen LogP contribution in [0.2, 0.25) is 0 Å². The molecule has 0 radical (unpaired) electrons. The Hall–Kier alpha value is -1.02. The smallest absolute Gasteiger partial charge is 0.190 e. The van der Waals surface area contributed by atoms with Gasteiger partial charge in [0.15, 0.2) is 12.1 Å². The lowest BCUT2D eigenvalue weighted by Crippen LogP contribution is -2.44. The molecule has 2 saturated heterocycles. The van der Waals surface area contributed by atoms with Crippen LogP contribution in [0.3, 0.4) is 0 Å². The predicted octanol–water partition coefficient (Wildman–Crippen LogP) is 0.801. The second-order valence-electron chi connectivity index (χ2n) is 6.08. The summed E-state index contributed by atoms with van der Waals surface area (Å²) >= 11 is 0. The molecule has 0 bridgehead atoms. The monoisotopic (exact) mass is 310 g/mol. The molecule has 0 amide bonds. The molecule has 6 nitrogen and oxygen atoms in total. The van der Waals surface area contributed by atoms with Gasteiger partial charge in [0.05, 0.1) is 13.2 Å². The summed E-state index contributed by atoms with van der Waals surface area (Å²) in [6, 6.07) is 9.73. The summed E-state index contributed by atoms with van der Waals surface area (Å²) in [5, 5.41) is 19.1. The highest BCUT2D eigenvalue weighted by molar-refractivity contribution is 5.13. The highest BCUT2D eigenvalue weighted by Gasteiger charge is 2.56. The summed E-state index contributed by atoms with van der Waals surface area (Å²) in [6.07, 6.45) is -3.25. The zero-order chi connectivity index (χ0) is 15.7. The lowest BCUT2D eigenvalue weighted by Gasteiger charge is -2.28. The van der Waals surface area contributed by atoms with E-state index in [1.54, 1.807) is 13.8 Å². The van der Waals surface area contributed by atoms with Crippen LogP contribution >= 0.6 is 0 Å². The summed E-state index contributed by atoms with van der Waals surface area (Å²) in [7, 11) is 0. The molecular weight excluding hydrogens is 288 g/mol. The first kappa shape index (κ1) is 15.9. The molecule has 1 aromatic rings. The molecule has 2 aliphatic heterocycles. The van der Waals surface area contributed by atoms with E-state index in [0.717, 1.165) is 5.56 Å². The van der Waals surface area contributed by atoms with Crippen molar-refractivity contribution in [3.63, 3.8) is 0 Å². The first-order chi connectivity index (χ1) is 10.5. The number of benzene rings is 1. The van der Waals surface area contributed by atoms with Crippen LogP contribution in [0.4, 0.5) is 0 Å². The number of hydrogen-bond donors (Lipinski definition) is 2. The average molecular weight is 310 g/mol. The van der Waals surface area contributed by atoms with Crippen LogP contribution in [0.1, 0.15) is 19.4 Å². The van der Waals surface area contributed by atoms with E-state index in [9.17, 15) is 10.2 Å². The minimum atomic E-state index is -1.04. The molecule has 22 heavy (non-hydrogen) atoms. The maximum absolute atomic E-state index is 9.94. The maximum Gasteiger partial charge on any atom is 0.190 e. The van der Waals surface area contributed by atoms with Crippen molar-refractivity contribution in [1.82, 2.24) is 0 Å². The highest BCUT2D eigenvalue weighted by atomic mass is 16.8. The van der Waals surface area contributed by atoms with Gasteiger partial charge in [-0.25, -0.2) is 0 Å². The van der Waals surface area contributed by atoms with E-state index in [1.807, 2.05) is 30.3 Å². The predicted molar refractivity (Wildman–Crippen MR) is 76.8 cm³/mol. The van der Waals surface area contributed by atoms with Crippen LogP contribution in [0, 0.1) is 0 Å². The molecule has 0 spiro atoms. The van der Waals surface area contributed by atoms with Crippen molar-refractivity contribution in [3.05, 3.63) is 35.9 Å². The Balaban J connectivity index is 1.71. The van der Waals surface area contributed by atoms with E-state index in [4.69, 9.17) is 18.9 Å². The van der Waals surface area contributed by atoms with Gasteiger partial charge < -0.3 is 29.2 Å². The van der Waals surface area contributed by atoms with Gasteiger partial charge in [0.1, 0.15) is 24.4 Å². The Morgan fingerprint density at radius 2 is 1.95 bits per heavy atom. The molecule has 0 aromatic heterocycles. The summed E-state index contributed by atoms with van der Waals surface area (Å²) in [5.41, 5.74) is 1.02. The third-order valence-electron chi connectivity index (χ3n) is 3.88. The van der Waals surface area contributed by atoms with Gasteiger partial charge in [-0.3, -0.25) is 0 Å². The molecule has 6 heteroatoms. The summed E-state index contributed by atoms with van der Waals surface area (Å²) in [6.45, 7) is 3.58. The van der Waals surface area contributed by atoms with Crippen molar-refractivity contribution < 1.29 is 29.2 Å². The molecule has 2 aliphatic rings. The number of aliphatic hydroxyl groups is 2. The van der Waals surface area contributed by atoms with E-state index in [2.05, 4.69) is 0 Å². The quantitative estimate of drug-likeness (QED) is 0.838. The van der Waals surface area contributed by atoms with Crippen LogP contribution in [0.15, 0.2) is 30.3 Å². The number of fused-ring (bicyclic) bond motifs is 1. The van der Waals surface area contributed by atoms with Gasteiger partial charge in [-0.2, -0.15) is 0 Å². The molecule has 0 unspecified atom stereocenters. The van der Waals surface area contributed by atoms with E-state index < -0.39 is 43.1 Å². The van der Waals surface area contributed by atoms with Gasteiger partial charge >= 0.3 is 0 Å². The standard InChI is InChI=1S/C16H22O6/c1-16(2)21-14-13(19-9-10-6-4-3-5-7-10)12(11(18)8-17)20-15(14)22-16/h3-7,11-15,17-18H,8-9H2,1-2H3/t11-,12-,13-,14-,15+/m1/s1. The van der Waals surface area contributed by atoms with Crippen LogP contribution in [0.25, 0.3) is 0 Å². The average Bonchev–Trinajstić information content (AvgIpc) is 2.97. The number of hydrogen-bond acceptors (Lipinski definition) is 6. The SMILES string of the molecule is CC1(C)O[C@@H]2O[C@H]([C@H](O)CO)[C@@H](OCc3ccccc3)[C@H]2O1. The van der Waals surface area contributed by atoms with Crippen molar-refractivity contribution >= 4 is 0 Å². The van der Waals surface area contributed by atoms with Crippen molar-refractivity contribution in [2.45, 2.75) is 56.9 Å². The van der Waals surface area contributed by atoms with Crippen molar-refractivity contribution in [1.29, 1.82) is 0 Å². The molecule has 0 saturated carbocycles. The van der Waals surface area contributed by atoms with Crippen molar-refractivity contribution in [2.24, 2.45) is 0 Å². The molecule has 2 heterocycles. The van der Waals surface area contributed by atoms with Gasteiger partial charge in [-0.15, -0.1) is 0 Å². The Morgan fingerprint density at radius 1 is 1.23 bits per heavy atom. The molecule has 122 valence electrons. The van der Waals surface area contributed by atoms with Crippen LogP contribution in [0.5, 0.6) is 0 Å². The Bertz CT molecular complexity index is 491. The third kappa shape index (κ3) is 3.17. The largest absolute Gasteiger partial charge is 0.394 e. The Labute approximate surface area is 129 Å². The summed E-state index contributed by atoms with van der Waals surface area (Å²) in [5.74, 6) is -0.751. The molecule has 2 N–H and O–H groups in total. The van der Waals surface area contributed by atoms with Gasteiger partial charge in [-0.05, 0) is 19.4 Å². The first-order valence-electron chi connectivity index (χ1n) is 7.46. The number of rotatable bonds is 5. The first-order valence-corrected chi connectivity index (χ1v) is 7.46. The minimum absolute atomic E-state index is 0.372. The van der Waals surface area contributed by atoms with Gasteiger partial charge in [0.2, 0.25) is 0 Å². The fraction of sp³-hybridized carbons (Fsp3) is 0.625. The molecular formula is C16H22O6. The van der Waals surface area contributed by atoms with Crippen molar-refractivity contribution in [2.75, 3.05) is 6.61 Å². The Morgan fingerprint density at radius 3 is 2.64 bits per heavy atom. The van der Waals surface area contributed by atoms with Crippen LogP contribution in [-0.2, 0) is 25.6 Å². The van der Waals surface area contributed by atoms with Gasteiger partial charge in [0.25, 0.3) is 0 Å². The topological polar surface area (TPSA) is 77.4 Å². The molecule has 1 aromatic carbocycles. The fourth-order valence-corrected chi connectivity index (χ4v) is 2.87. The fourth-order valence-electron chi connectivity index (χ4n) is 2.87. The molecule has 0 aliphatic carbocycles. The zero-order valence-corrected chi connectivity index (χ0v) is 12.7.